The zero-order chi connectivity index (χ0) is 17.4. The smallest absolute Gasteiger partial charge is 0.221 e. The number of hydrogen-bond acceptors (Lipinski definition) is 3. The molecular formula is C20H27N3O2. The van der Waals surface area contributed by atoms with Gasteiger partial charge in [-0.2, -0.15) is 0 Å². The van der Waals surface area contributed by atoms with Gasteiger partial charge in [0.2, 0.25) is 5.91 Å². The van der Waals surface area contributed by atoms with Crippen molar-refractivity contribution in [1.82, 2.24) is 9.88 Å². The molecule has 1 aromatic carbocycles. The third kappa shape index (κ3) is 3.52. The van der Waals surface area contributed by atoms with Crippen molar-refractivity contribution in [1.29, 1.82) is 0 Å². The Hall–Kier alpha value is -2.01. The number of ether oxygens (including phenoxy) is 1. The minimum atomic E-state index is -0.0651. The maximum absolute atomic E-state index is 11.3. The lowest BCUT2D eigenvalue weighted by Crippen LogP contribution is -2.17. The summed E-state index contributed by atoms with van der Waals surface area (Å²) in [6.07, 6.45) is 5.69. The number of aromatic nitrogens is 1. The highest BCUT2D eigenvalue weighted by Crippen LogP contribution is 2.42. The van der Waals surface area contributed by atoms with Crippen LogP contribution in [0.3, 0.4) is 0 Å². The van der Waals surface area contributed by atoms with Gasteiger partial charge in [0.15, 0.2) is 0 Å². The molecule has 134 valence electrons. The number of amides is 1. The van der Waals surface area contributed by atoms with Gasteiger partial charge in [-0.3, -0.25) is 4.79 Å². The SMILES string of the molecule is CC(=O)Nc1c[nH]c2ccc(OCCC3C[C@@H]4CN(C)C[C@@H]4C3)cc12. The van der Waals surface area contributed by atoms with Crippen LogP contribution in [0.2, 0.25) is 0 Å². The van der Waals surface area contributed by atoms with Crippen LogP contribution >= 0.6 is 0 Å². The Bertz CT molecular complexity index is 755. The first kappa shape index (κ1) is 16.5. The number of fused-ring (bicyclic) bond motifs is 2. The van der Waals surface area contributed by atoms with Gasteiger partial charge in [-0.1, -0.05) is 0 Å². The lowest BCUT2D eigenvalue weighted by atomic mass is 10.0. The fraction of sp³-hybridized carbons (Fsp3) is 0.550. The molecule has 0 spiro atoms. The van der Waals surface area contributed by atoms with Gasteiger partial charge in [0, 0.05) is 37.1 Å². The minimum Gasteiger partial charge on any atom is -0.494 e. The number of H-pyrrole nitrogens is 1. The predicted octanol–water partition coefficient (Wildman–Crippen LogP) is 3.48. The summed E-state index contributed by atoms with van der Waals surface area (Å²) in [7, 11) is 2.24. The van der Waals surface area contributed by atoms with Crippen molar-refractivity contribution in [2.45, 2.75) is 26.2 Å². The van der Waals surface area contributed by atoms with Crippen LogP contribution in [0.5, 0.6) is 5.75 Å². The number of aromatic amines is 1. The van der Waals surface area contributed by atoms with E-state index in [1.807, 2.05) is 24.4 Å². The lowest BCUT2D eigenvalue weighted by molar-refractivity contribution is -0.114. The number of anilines is 1. The predicted molar refractivity (Wildman–Crippen MR) is 99.9 cm³/mol. The van der Waals surface area contributed by atoms with E-state index in [0.717, 1.165) is 53.1 Å². The molecule has 1 saturated heterocycles. The first-order chi connectivity index (χ1) is 12.1. The normalized spacial score (nSPS) is 26.1. The quantitative estimate of drug-likeness (QED) is 0.875. The topological polar surface area (TPSA) is 57.4 Å². The summed E-state index contributed by atoms with van der Waals surface area (Å²) in [5.41, 5.74) is 1.81. The van der Waals surface area contributed by atoms with E-state index in [1.165, 1.54) is 32.9 Å². The van der Waals surface area contributed by atoms with E-state index in [-0.39, 0.29) is 5.91 Å². The van der Waals surface area contributed by atoms with E-state index < -0.39 is 0 Å². The van der Waals surface area contributed by atoms with Gasteiger partial charge < -0.3 is 19.9 Å². The van der Waals surface area contributed by atoms with E-state index in [1.54, 1.807) is 0 Å². The van der Waals surface area contributed by atoms with Crippen LogP contribution in [0.4, 0.5) is 5.69 Å². The van der Waals surface area contributed by atoms with Gasteiger partial charge in [0.1, 0.15) is 5.75 Å². The lowest BCUT2D eigenvalue weighted by Gasteiger charge is -2.15. The molecule has 2 aliphatic rings. The molecule has 2 aromatic rings. The number of carbonyl (C=O) groups excluding carboxylic acids is 1. The molecular weight excluding hydrogens is 314 g/mol. The fourth-order valence-electron chi connectivity index (χ4n) is 4.72. The maximum atomic E-state index is 11.3. The molecule has 25 heavy (non-hydrogen) atoms. The number of nitrogens with one attached hydrogen (secondary N) is 2. The molecule has 1 amide bonds. The summed E-state index contributed by atoms with van der Waals surface area (Å²) in [5.74, 6) is 3.44. The fourth-order valence-corrected chi connectivity index (χ4v) is 4.72. The molecule has 1 saturated carbocycles. The molecule has 2 heterocycles. The van der Waals surface area contributed by atoms with Crippen LogP contribution < -0.4 is 10.1 Å². The van der Waals surface area contributed by atoms with Crippen LogP contribution in [-0.4, -0.2) is 42.5 Å². The Morgan fingerprint density at radius 3 is 2.80 bits per heavy atom. The summed E-state index contributed by atoms with van der Waals surface area (Å²) in [5, 5.41) is 3.84. The Morgan fingerprint density at radius 1 is 1.32 bits per heavy atom. The molecule has 3 atom stereocenters. The van der Waals surface area contributed by atoms with Gasteiger partial charge >= 0.3 is 0 Å². The van der Waals surface area contributed by atoms with Crippen LogP contribution in [0.15, 0.2) is 24.4 Å². The largest absolute Gasteiger partial charge is 0.494 e. The number of carbonyl (C=O) groups is 1. The average molecular weight is 341 g/mol. The van der Waals surface area contributed by atoms with E-state index >= 15 is 0 Å². The van der Waals surface area contributed by atoms with Crippen molar-refractivity contribution in [3.63, 3.8) is 0 Å². The molecule has 0 radical (unpaired) electrons. The third-order valence-corrected chi connectivity index (χ3v) is 5.79. The van der Waals surface area contributed by atoms with Crippen molar-refractivity contribution in [3.8, 4) is 5.75 Å². The molecule has 0 bridgehead atoms. The standard InChI is InChI=1S/C20H27N3O2/c1-13(24)22-20-10-21-19-4-3-17(9-18(19)20)25-6-5-14-7-15-11-23(2)12-16(15)8-14/h3-4,9-10,14-16,21H,5-8,11-12H2,1-2H3,(H,22,24)/t14?,15-,16+. The molecule has 2 fully saturated rings. The van der Waals surface area contributed by atoms with Gasteiger partial charge in [-0.15, -0.1) is 0 Å². The van der Waals surface area contributed by atoms with Crippen molar-refractivity contribution in [3.05, 3.63) is 24.4 Å². The van der Waals surface area contributed by atoms with Crippen molar-refractivity contribution in [2.24, 2.45) is 17.8 Å². The Balaban J connectivity index is 1.33. The molecule has 5 nitrogen and oxygen atoms in total. The van der Waals surface area contributed by atoms with Crippen molar-refractivity contribution in [2.75, 3.05) is 32.1 Å². The highest BCUT2D eigenvalue weighted by atomic mass is 16.5. The second-order valence-electron chi connectivity index (χ2n) is 7.81. The summed E-state index contributed by atoms with van der Waals surface area (Å²) in [4.78, 5) is 16.9. The number of rotatable bonds is 5. The molecule has 1 aliphatic heterocycles. The molecule has 4 rings (SSSR count). The third-order valence-electron chi connectivity index (χ3n) is 5.79. The van der Waals surface area contributed by atoms with Gasteiger partial charge in [0.05, 0.1) is 12.3 Å². The maximum Gasteiger partial charge on any atom is 0.221 e. The molecule has 1 aromatic heterocycles. The van der Waals surface area contributed by atoms with Crippen molar-refractivity contribution < 1.29 is 9.53 Å². The minimum absolute atomic E-state index is 0.0651. The van der Waals surface area contributed by atoms with Crippen LogP contribution in [-0.2, 0) is 4.79 Å². The van der Waals surface area contributed by atoms with Gasteiger partial charge in [-0.25, -0.2) is 0 Å². The summed E-state index contributed by atoms with van der Waals surface area (Å²) in [6, 6.07) is 6.01. The number of hydrogen-bond donors (Lipinski definition) is 2. The highest BCUT2D eigenvalue weighted by molar-refractivity contribution is 6.01. The van der Waals surface area contributed by atoms with Crippen LogP contribution in [0, 0.1) is 17.8 Å². The number of likely N-dealkylation sites (tertiary alicyclic amines) is 1. The zero-order valence-corrected chi connectivity index (χ0v) is 15.0. The van der Waals surface area contributed by atoms with Crippen LogP contribution in [0.1, 0.15) is 26.2 Å². The molecule has 1 aliphatic carbocycles. The summed E-state index contributed by atoms with van der Waals surface area (Å²) < 4.78 is 6.01. The average Bonchev–Trinajstić information content (AvgIpc) is 3.20. The number of nitrogens with zero attached hydrogens (tertiary/aromatic N) is 1. The van der Waals surface area contributed by atoms with Crippen molar-refractivity contribution >= 4 is 22.5 Å². The zero-order valence-electron chi connectivity index (χ0n) is 15.0. The highest BCUT2D eigenvalue weighted by Gasteiger charge is 2.39. The second kappa shape index (κ2) is 6.71. The Kier molecular flexibility index (Phi) is 4.42. The monoisotopic (exact) mass is 341 g/mol. The molecule has 2 N–H and O–H groups in total. The molecule has 5 heteroatoms. The van der Waals surface area contributed by atoms with Gasteiger partial charge in [-0.05, 0) is 62.3 Å². The summed E-state index contributed by atoms with van der Waals surface area (Å²) >= 11 is 0. The first-order valence-corrected chi connectivity index (χ1v) is 9.28. The van der Waals surface area contributed by atoms with Crippen LogP contribution in [0.25, 0.3) is 10.9 Å². The van der Waals surface area contributed by atoms with E-state index in [0.29, 0.717) is 0 Å². The van der Waals surface area contributed by atoms with Gasteiger partial charge in [0.25, 0.3) is 0 Å². The Morgan fingerprint density at radius 2 is 2.08 bits per heavy atom. The first-order valence-electron chi connectivity index (χ1n) is 9.28. The van der Waals surface area contributed by atoms with E-state index in [9.17, 15) is 4.79 Å². The summed E-state index contributed by atoms with van der Waals surface area (Å²) in [6.45, 7) is 4.84. The molecule has 1 unspecified atom stereocenters. The van der Waals surface area contributed by atoms with E-state index in [4.69, 9.17) is 4.74 Å². The Labute approximate surface area is 148 Å². The van der Waals surface area contributed by atoms with E-state index in [2.05, 4.69) is 22.2 Å². The number of benzene rings is 1. The second-order valence-corrected chi connectivity index (χ2v) is 7.81.